The Bertz CT molecular complexity index is 1120. The predicted molar refractivity (Wildman–Crippen MR) is 127 cm³/mol. The van der Waals surface area contributed by atoms with E-state index in [1.807, 2.05) is 57.2 Å². The summed E-state index contributed by atoms with van der Waals surface area (Å²) in [5.41, 5.74) is 2.29. The van der Waals surface area contributed by atoms with Crippen LogP contribution in [-0.4, -0.2) is 63.8 Å². The summed E-state index contributed by atoms with van der Waals surface area (Å²) in [6.45, 7) is 8.58. The van der Waals surface area contributed by atoms with E-state index < -0.39 is 27.2 Å². The van der Waals surface area contributed by atoms with Crippen molar-refractivity contribution in [3.63, 3.8) is 0 Å². The average Bonchev–Trinajstić information content (AvgIpc) is 2.78. The van der Waals surface area contributed by atoms with Crippen molar-refractivity contribution in [3.8, 4) is 11.5 Å². The molecule has 0 unspecified atom stereocenters. The number of carbonyl (C=O) groups excluding carboxylic acids is 1. The molecule has 2 heterocycles. The molecule has 0 atom stereocenters. The van der Waals surface area contributed by atoms with Gasteiger partial charge in [-0.3, -0.25) is 4.79 Å². The van der Waals surface area contributed by atoms with Crippen LogP contribution in [0.5, 0.6) is 11.5 Å². The second-order valence-corrected chi connectivity index (χ2v) is 11.0. The summed E-state index contributed by atoms with van der Waals surface area (Å²) in [6.07, 6.45) is 0. The zero-order valence-corrected chi connectivity index (χ0v) is 20.2. The Morgan fingerprint density at radius 2 is 1.70 bits per heavy atom. The summed E-state index contributed by atoms with van der Waals surface area (Å²) >= 11 is 0. The SMILES string of the molecule is Cc1cccc(N2CCN(S(=O)(=O)CC(=O)NC(C)(C)c3ccc4c(c3)OCCO4)CC2)c1. The number of hydrogen-bond acceptors (Lipinski definition) is 6. The highest BCUT2D eigenvalue weighted by atomic mass is 32.2. The van der Waals surface area contributed by atoms with Crippen molar-refractivity contribution >= 4 is 21.6 Å². The van der Waals surface area contributed by atoms with E-state index in [2.05, 4.69) is 16.3 Å². The van der Waals surface area contributed by atoms with Crippen molar-refractivity contribution in [1.29, 1.82) is 0 Å². The minimum Gasteiger partial charge on any atom is -0.486 e. The van der Waals surface area contributed by atoms with E-state index in [9.17, 15) is 13.2 Å². The summed E-state index contributed by atoms with van der Waals surface area (Å²) in [5, 5.41) is 2.86. The van der Waals surface area contributed by atoms with Gasteiger partial charge in [0.1, 0.15) is 19.0 Å². The van der Waals surface area contributed by atoms with Crippen LogP contribution in [0.1, 0.15) is 25.0 Å². The number of nitrogens with one attached hydrogen (secondary N) is 1. The fourth-order valence-electron chi connectivity index (χ4n) is 4.20. The van der Waals surface area contributed by atoms with E-state index in [4.69, 9.17) is 9.47 Å². The maximum absolute atomic E-state index is 12.9. The molecule has 33 heavy (non-hydrogen) atoms. The number of fused-ring (bicyclic) bond motifs is 1. The molecule has 1 N–H and O–H groups in total. The second kappa shape index (κ2) is 9.23. The monoisotopic (exact) mass is 473 g/mol. The number of amides is 1. The van der Waals surface area contributed by atoms with E-state index in [1.54, 1.807) is 0 Å². The van der Waals surface area contributed by atoms with Crippen LogP contribution in [0.15, 0.2) is 42.5 Å². The van der Waals surface area contributed by atoms with Gasteiger partial charge in [-0.05, 0) is 56.2 Å². The highest BCUT2D eigenvalue weighted by molar-refractivity contribution is 7.89. The maximum atomic E-state index is 12.9. The molecule has 9 heteroatoms. The largest absolute Gasteiger partial charge is 0.486 e. The number of sulfonamides is 1. The van der Waals surface area contributed by atoms with E-state index in [0.29, 0.717) is 50.9 Å². The molecule has 2 aromatic rings. The van der Waals surface area contributed by atoms with Crippen LogP contribution < -0.4 is 19.7 Å². The first-order valence-electron chi connectivity index (χ1n) is 11.1. The van der Waals surface area contributed by atoms with Gasteiger partial charge in [-0.25, -0.2) is 8.42 Å². The van der Waals surface area contributed by atoms with Crippen LogP contribution in [0.4, 0.5) is 5.69 Å². The Hall–Kier alpha value is -2.78. The number of ether oxygens (including phenoxy) is 2. The fraction of sp³-hybridized carbons (Fsp3) is 0.458. The standard InChI is InChI=1S/C24H31N3O5S/c1-18-5-4-6-20(15-18)26-9-11-27(12-10-26)33(29,30)17-23(28)25-24(2,3)19-7-8-21-22(16-19)32-14-13-31-21/h4-8,15-16H,9-14,17H2,1-3H3,(H,25,28). The zero-order valence-electron chi connectivity index (χ0n) is 19.3. The summed E-state index contributed by atoms with van der Waals surface area (Å²) in [7, 11) is -3.72. The molecule has 2 aliphatic rings. The minimum absolute atomic E-state index is 0.356. The van der Waals surface area contributed by atoms with E-state index in [0.717, 1.165) is 11.3 Å². The molecule has 0 saturated carbocycles. The van der Waals surface area contributed by atoms with Crippen LogP contribution in [0.3, 0.4) is 0 Å². The lowest BCUT2D eigenvalue weighted by molar-refractivity contribution is -0.120. The number of piperazine rings is 1. The number of hydrogen-bond donors (Lipinski definition) is 1. The van der Waals surface area contributed by atoms with Gasteiger partial charge in [0.15, 0.2) is 11.5 Å². The zero-order chi connectivity index (χ0) is 23.6. The molecule has 4 rings (SSSR count). The molecule has 8 nitrogen and oxygen atoms in total. The minimum atomic E-state index is -3.72. The van der Waals surface area contributed by atoms with Crippen LogP contribution >= 0.6 is 0 Å². The Morgan fingerprint density at radius 3 is 2.39 bits per heavy atom. The third kappa shape index (κ3) is 5.42. The molecule has 2 aromatic carbocycles. The van der Waals surface area contributed by atoms with Gasteiger partial charge in [-0.15, -0.1) is 0 Å². The average molecular weight is 474 g/mol. The molecule has 0 aromatic heterocycles. The van der Waals surface area contributed by atoms with Crippen LogP contribution in [0, 0.1) is 6.92 Å². The smallest absolute Gasteiger partial charge is 0.237 e. The summed E-state index contributed by atoms with van der Waals surface area (Å²) < 4.78 is 38.4. The first-order valence-corrected chi connectivity index (χ1v) is 12.8. The normalized spacial score (nSPS) is 17.0. The number of rotatable bonds is 6. The van der Waals surface area contributed by atoms with Gasteiger partial charge in [0.2, 0.25) is 15.9 Å². The molecular weight excluding hydrogens is 442 g/mol. The van der Waals surface area contributed by atoms with Gasteiger partial charge in [-0.1, -0.05) is 18.2 Å². The van der Waals surface area contributed by atoms with Crippen molar-refractivity contribution in [2.45, 2.75) is 26.3 Å². The van der Waals surface area contributed by atoms with Crippen LogP contribution in [0.2, 0.25) is 0 Å². The summed E-state index contributed by atoms with van der Waals surface area (Å²) in [5.74, 6) is 0.182. The number of aryl methyl sites for hydroxylation is 1. The lowest BCUT2D eigenvalue weighted by atomic mass is 9.93. The van der Waals surface area contributed by atoms with Crippen molar-refractivity contribution < 1.29 is 22.7 Å². The molecule has 1 saturated heterocycles. The van der Waals surface area contributed by atoms with Crippen molar-refractivity contribution in [1.82, 2.24) is 9.62 Å². The first kappa shape index (κ1) is 23.4. The molecule has 0 bridgehead atoms. The number of carbonyl (C=O) groups is 1. The molecule has 0 aliphatic carbocycles. The van der Waals surface area contributed by atoms with Gasteiger partial charge in [0.05, 0.1) is 5.54 Å². The van der Waals surface area contributed by atoms with Crippen LogP contribution in [0.25, 0.3) is 0 Å². The highest BCUT2D eigenvalue weighted by Crippen LogP contribution is 2.34. The van der Waals surface area contributed by atoms with Gasteiger partial charge in [0, 0.05) is 31.9 Å². The molecular formula is C24H31N3O5S. The third-order valence-electron chi connectivity index (χ3n) is 6.03. The highest BCUT2D eigenvalue weighted by Gasteiger charge is 2.32. The molecule has 2 aliphatic heterocycles. The lowest BCUT2D eigenvalue weighted by Gasteiger charge is -2.35. The van der Waals surface area contributed by atoms with Gasteiger partial charge >= 0.3 is 0 Å². The van der Waals surface area contributed by atoms with E-state index in [1.165, 1.54) is 9.87 Å². The van der Waals surface area contributed by atoms with Crippen LogP contribution in [-0.2, 0) is 20.4 Å². The number of anilines is 1. The molecule has 1 amide bonds. The van der Waals surface area contributed by atoms with E-state index >= 15 is 0 Å². The van der Waals surface area contributed by atoms with E-state index in [-0.39, 0.29) is 0 Å². The van der Waals surface area contributed by atoms with Crippen molar-refractivity contribution in [2.75, 3.05) is 50.0 Å². The molecule has 0 spiro atoms. The summed E-state index contributed by atoms with van der Waals surface area (Å²) in [6, 6.07) is 13.7. The Kier molecular flexibility index (Phi) is 6.54. The van der Waals surface area contributed by atoms with Gasteiger partial charge in [-0.2, -0.15) is 4.31 Å². The third-order valence-corrected chi connectivity index (χ3v) is 7.81. The predicted octanol–water partition coefficient (Wildman–Crippen LogP) is 2.27. The topological polar surface area (TPSA) is 88.2 Å². The van der Waals surface area contributed by atoms with Gasteiger partial charge in [0.25, 0.3) is 0 Å². The molecule has 0 radical (unpaired) electrons. The Labute approximate surface area is 195 Å². The number of benzene rings is 2. The number of nitrogens with zero attached hydrogens (tertiary/aromatic N) is 2. The Morgan fingerprint density at radius 1 is 1.00 bits per heavy atom. The van der Waals surface area contributed by atoms with Crippen molar-refractivity contribution in [2.24, 2.45) is 0 Å². The van der Waals surface area contributed by atoms with Crippen molar-refractivity contribution in [3.05, 3.63) is 53.6 Å². The first-order chi connectivity index (χ1) is 15.6. The van der Waals surface area contributed by atoms with Gasteiger partial charge < -0.3 is 19.7 Å². The fourth-order valence-corrected chi connectivity index (χ4v) is 5.50. The quantitative estimate of drug-likeness (QED) is 0.693. The Balaban J connectivity index is 1.35. The summed E-state index contributed by atoms with van der Waals surface area (Å²) in [4.78, 5) is 14.9. The second-order valence-electron chi connectivity index (χ2n) is 9.01. The maximum Gasteiger partial charge on any atom is 0.237 e. The lowest BCUT2D eigenvalue weighted by Crippen LogP contribution is -2.51. The molecule has 1 fully saturated rings. The molecule has 178 valence electrons.